The number of amides is 1. The van der Waals surface area contributed by atoms with E-state index in [1.54, 1.807) is 18.2 Å². The zero-order valence-electron chi connectivity index (χ0n) is 15.4. The number of ether oxygens (including phenoxy) is 1. The van der Waals surface area contributed by atoms with E-state index in [0.29, 0.717) is 15.9 Å². The molecule has 0 aliphatic carbocycles. The Hall–Kier alpha value is -2.16. The quantitative estimate of drug-likeness (QED) is 0.588. The third-order valence-corrected chi connectivity index (χ3v) is 7.43. The van der Waals surface area contributed by atoms with Crippen LogP contribution < -0.4 is 10.1 Å². The van der Waals surface area contributed by atoms with E-state index in [0.717, 1.165) is 15.8 Å². The van der Waals surface area contributed by atoms with Crippen molar-refractivity contribution in [2.75, 3.05) is 18.2 Å². The van der Waals surface area contributed by atoms with Crippen molar-refractivity contribution in [1.29, 1.82) is 0 Å². The Morgan fingerprint density at radius 1 is 1.21 bits per heavy atom. The Morgan fingerprint density at radius 2 is 1.93 bits per heavy atom. The number of sulfone groups is 1. The van der Waals surface area contributed by atoms with Crippen molar-refractivity contribution in [2.24, 2.45) is 0 Å². The van der Waals surface area contributed by atoms with Crippen LogP contribution in [0.2, 0.25) is 5.02 Å². The van der Waals surface area contributed by atoms with E-state index < -0.39 is 9.84 Å². The van der Waals surface area contributed by atoms with Gasteiger partial charge in [0.2, 0.25) is 5.91 Å². The molecule has 0 radical (unpaired) electrons. The zero-order chi connectivity index (χ0) is 20.3. The number of anilines is 1. The van der Waals surface area contributed by atoms with Crippen LogP contribution in [0.25, 0.3) is 10.2 Å². The first-order valence-electron chi connectivity index (χ1n) is 8.52. The van der Waals surface area contributed by atoms with Gasteiger partial charge in [-0.1, -0.05) is 29.0 Å². The highest BCUT2D eigenvalue weighted by molar-refractivity contribution is 7.91. The highest BCUT2D eigenvalue weighted by Gasteiger charge is 2.16. The number of halogens is 1. The fourth-order valence-corrected chi connectivity index (χ4v) is 5.20. The van der Waals surface area contributed by atoms with Gasteiger partial charge in [-0.25, -0.2) is 13.4 Å². The molecule has 2 aromatic carbocycles. The van der Waals surface area contributed by atoms with E-state index in [1.165, 1.54) is 30.6 Å². The molecule has 9 heteroatoms. The molecular weight excluding hydrogens is 420 g/mol. The van der Waals surface area contributed by atoms with Gasteiger partial charge in [0.15, 0.2) is 15.0 Å². The topological polar surface area (TPSA) is 85.4 Å². The molecule has 1 heterocycles. The van der Waals surface area contributed by atoms with E-state index >= 15 is 0 Å². The number of carbonyl (C=O) groups is 1. The summed E-state index contributed by atoms with van der Waals surface area (Å²) in [6.07, 6.45) is 0.295. The molecule has 0 unspecified atom stereocenters. The van der Waals surface area contributed by atoms with E-state index in [1.807, 2.05) is 13.0 Å². The maximum Gasteiger partial charge on any atom is 0.226 e. The van der Waals surface area contributed by atoms with Crippen LogP contribution in [0.4, 0.5) is 5.13 Å². The van der Waals surface area contributed by atoms with Gasteiger partial charge in [-0.15, -0.1) is 0 Å². The highest BCUT2D eigenvalue weighted by atomic mass is 35.5. The summed E-state index contributed by atoms with van der Waals surface area (Å²) in [7, 11) is -1.93. The summed E-state index contributed by atoms with van der Waals surface area (Å²) in [5, 5.41) is 3.77. The summed E-state index contributed by atoms with van der Waals surface area (Å²) in [4.78, 5) is 16.8. The molecule has 0 fully saturated rings. The Bertz CT molecular complexity index is 1070. The lowest BCUT2D eigenvalue weighted by Crippen LogP contribution is -2.14. The molecule has 0 aliphatic heterocycles. The molecule has 1 aromatic heterocycles. The molecule has 28 heavy (non-hydrogen) atoms. The van der Waals surface area contributed by atoms with Crippen molar-refractivity contribution in [3.05, 3.63) is 47.0 Å². The number of methoxy groups -OCH3 is 1. The van der Waals surface area contributed by atoms with Gasteiger partial charge in [0, 0.05) is 6.42 Å². The van der Waals surface area contributed by atoms with Crippen molar-refractivity contribution in [3.8, 4) is 5.75 Å². The molecule has 0 spiro atoms. The second-order valence-corrected chi connectivity index (χ2v) is 9.72. The first kappa shape index (κ1) is 20.6. The Balaban J connectivity index is 1.58. The van der Waals surface area contributed by atoms with Crippen LogP contribution in [0, 0.1) is 6.92 Å². The van der Waals surface area contributed by atoms with E-state index in [4.69, 9.17) is 16.3 Å². The molecule has 0 aliphatic rings. The molecule has 0 saturated carbocycles. The van der Waals surface area contributed by atoms with Crippen molar-refractivity contribution < 1.29 is 17.9 Å². The molecule has 0 saturated heterocycles. The smallest absolute Gasteiger partial charge is 0.226 e. The predicted molar refractivity (Wildman–Crippen MR) is 112 cm³/mol. The van der Waals surface area contributed by atoms with Crippen molar-refractivity contribution in [1.82, 2.24) is 4.98 Å². The maximum absolute atomic E-state index is 12.4. The third kappa shape index (κ3) is 4.63. The highest BCUT2D eigenvalue weighted by Crippen LogP contribution is 2.33. The van der Waals surface area contributed by atoms with Gasteiger partial charge < -0.3 is 10.1 Å². The largest absolute Gasteiger partial charge is 0.497 e. The molecule has 6 nitrogen and oxygen atoms in total. The number of nitrogens with one attached hydrogen (secondary N) is 1. The standard InChI is InChI=1S/C19H19ClN2O4S2/c1-12-5-10-15(20)18-17(12)22-19(27-18)21-16(23)4-3-11-28(24,25)14-8-6-13(26-2)7-9-14/h5-10H,3-4,11H2,1-2H3,(H,21,22,23). The number of carbonyl (C=O) groups excluding carboxylic acids is 1. The monoisotopic (exact) mass is 438 g/mol. The number of aryl methyl sites for hydroxylation is 1. The summed E-state index contributed by atoms with van der Waals surface area (Å²) in [6, 6.07) is 9.87. The SMILES string of the molecule is COc1ccc(S(=O)(=O)CCCC(=O)Nc2nc3c(C)ccc(Cl)c3s2)cc1. The normalized spacial score (nSPS) is 11.5. The van der Waals surface area contributed by atoms with Gasteiger partial charge in [0.25, 0.3) is 0 Å². The van der Waals surface area contributed by atoms with Crippen LogP contribution in [0.1, 0.15) is 18.4 Å². The molecule has 0 atom stereocenters. The zero-order valence-corrected chi connectivity index (χ0v) is 17.7. The van der Waals surface area contributed by atoms with Crippen molar-refractivity contribution >= 4 is 54.0 Å². The number of fused-ring (bicyclic) bond motifs is 1. The van der Waals surface area contributed by atoms with Gasteiger partial charge >= 0.3 is 0 Å². The van der Waals surface area contributed by atoms with Crippen LogP contribution >= 0.6 is 22.9 Å². The first-order valence-corrected chi connectivity index (χ1v) is 11.4. The summed E-state index contributed by atoms with van der Waals surface area (Å²) in [6.45, 7) is 1.92. The lowest BCUT2D eigenvalue weighted by molar-refractivity contribution is -0.116. The van der Waals surface area contributed by atoms with E-state index in [2.05, 4.69) is 10.3 Å². The molecule has 3 aromatic rings. The van der Waals surface area contributed by atoms with Crippen molar-refractivity contribution in [2.45, 2.75) is 24.7 Å². The fraction of sp³-hybridized carbons (Fsp3) is 0.263. The summed E-state index contributed by atoms with van der Waals surface area (Å²) >= 11 is 7.47. The van der Waals surface area contributed by atoms with Crippen molar-refractivity contribution in [3.63, 3.8) is 0 Å². The molecule has 148 valence electrons. The van der Waals surface area contributed by atoms with Crippen LogP contribution in [0.5, 0.6) is 5.75 Å². The minimum absolute atomic E-state index is 0.0814. The average Bonchev–Trinajstić information content (AvgIpc) is 3.09. The average molecular weight is 439 g/mol. The second-order valence-electron chi connectivity index (χ2n) is 6.21. The second kappa shape index (κ2) is 8.46. The van der Waals surface area contributed by atoms with Crippen LogP contribution in [0.15, 0.2) is 41.3 Å². The molecule has 1 amide bonds. The molecular formula is C19H19ClN2O4S2. The molecule has 3 rings (SSSR count). The maximum atomic E-state index is 12.4. The number of hydrogen-bond donors (Lipinski definition) is 1. The van der Waals surface area contributed by atoms with E-state index in [-0.39, 0.29) is 29.4 Å². The predicted octanol–water partition coefficient (Wildman–Crippen LogP) is 4.46. The van der Waals surface area contributed by atoms with Crippen LogP contribution in [-0.4, -0.2) is 32.2 Å². The summed E-state index contributed by atoms with van der Waals surface area (Å²) in [5.74, 6) is 0.194. The number of rotatable bonds is 7. The number of nitrogens with zero attached hydrogens (tertiary/aromatic N) is 1. The van der Waals surface area contributed by atoms with Gasteiger partial charge in [-0.3, -0.25) is 4.79 Å². The Labute approximate surface area is 172 Å². The van der Waals surface area contributed by atoms with E-state index in [9.17, 15) is 13.2 Å². The number of thiazole rings is 1. The molecule has 1 N–H and O–H groups in total. The van der Waals surface area contributed by atoms with Gasteiger partial charge in [-0.05, 0) is 49.2 Å². The van der Waals surface area contributed by atoms with Gasteiger partial charge in [0.1, 0.15) is 5.75 Å². The number of benzene rings is 2. The van der Waals surface area contributed by atoms with Gasteiger partial charge in [-0.2, -0.15) is 0 Å². The number of hydrogen-bond acceptors (Lipinski definition) is 6. The minimum Gasteiger partial charge on any atom is -0.497 e. The third-order valence-electron chi connectivity index (χ3n) is 4.18. The lowest BCUT2D eigenvalue weighted by atomic mass is 10.2. The molecule has 0 bridgehead atoms. The van der Waals surface area contributed by atoms with Crippen LogP contribution in [0.3, 0.4) is 0 Å². The van der Waals surface area contributed by atoms with Crippen LogP contribution in [-0.2, 0) is 14.6 Å². The Morgan fingerprint density at radius 3 is 2.57 bits per heavy atom. The minimum atomic E-state index is -3.45. The number of aromatic nitrogens is 1. The lowest BCUT2D eigenvalue weighted by Gasteiger charge is -2.06. The van der Waals surface area contributed by atoms with Gasteiger partial charge in [0.05, 0.1) is 33.0 Å². The summed E-state index contributed by atoms with van der Waals surface area (Å²) < 4.78 is 30.6. The first-order chi connectivity index (χ1) is 13.3. The Kier molecular flexibility index (Phi) is 6.22. The summed E-state index contributed by atoms with van der Waals surface area (Å²) in [5.41, 5.74) is 1.73. The fourth-order valence-electron chi connectivity index (χ4n) is 2.66.